The van der Waals surface area contributed by atoms with E-state index in [1.165, 1.54) is 18.0 Å². The van der Waals surface area contributed by atoms with Crippen molar-refractivity contribution in [1.82, 2.24) is 25.4 Å². The Kier molecular flexibility index (Phi) is 8.69. The van der Waals surface area contributed by atoms with Gasteiger partial charge in [0.15, 0.2) is 0 Å². The van der Waals surface area contributed by atoms with Gasteiger partial charge in [-0.15, -0.1) is 11.8 Å². The third kappa shape index (κ3) is 5.55. The van der Waals surface area contributed by atoms with E-state index in [9.17, 15) is 29.1 Å². The van der Waals surface area contributed by atoms with Gasteiger partial charge in [-0.05, 0) is 24.1 Å². The number of hydrogen-bond donors (Lipinski definition) is 2. The van der Waals surface area contributed by atoms with Gasteiger partial charge < -0.3 is 25.3 Å². The van der Waals surface area contributed by atoms with Crippen molar-refractivity contribution in [3.05, 3.63) is 59.5 Å². The van der Waals surface area contributed by atoms with Gasteiger partial charge >= 0.3 is 41.6 Å². The normalized spacial score (nSPS) is 23.6. The summed E-state index contributed by atoms with van der Waals surface area (Å²) in [5.41, 5.74) is 1.29. The van der Waals surface area contributed by atoms with Crippen molar-refractivity contribution in [1.29, 1.82) is 0 Å². The molecule has 6 amide bonds. The number of amides is 6. The van der Waals surface area contributed by atoms with E-state index in [4.69, 9.17) is 4.74 Å². The summed E-state index contributed by atoms with van der Waals surface area (Å²) in [5.74, 6) is -2.35. The summed E-state index contributed by atoms with van der Waals surface area (Å²) in [7, 11) is 0. The van der Waals surface area contributed by atoms with Crippen LogP contribution >= 0.6 is 11.8 Å². The zero-order valence-corrected chi connectivity index (χ0v) is 24.0. The zero-order valence-electron chi connectivity index (χ0n) is 21.2. The maximum atomic E-state index is 13.4. The van der Waals surface area contributed by atoms with Gasteiger partial charge in [-0.3, -0.25) is 14.5 Å². The third-order valence-electron chi connectivity index (χ3n) is 6.38. The zero-order chi connectivity index (χ0) is 27.0. The molecule has 0 radical (unpaired) electrons. The predicted molar refractivity (Wildman–Crippen MR) is 132 cm³/mol. The summed E-state index contributed by atoms with van der Waals surface area (Å²) < 4.78 is 5.06. The molecule has 0 spiro atoms. The number of carboxylic acids is 1. The number of carbonyl (C=O) groups excluding carboxylic acids is 5. The summed E-state index contributed by atoms with van der Waals surface area (Å²) in [4.78, 5) is 65.6. The Morgan fingerprint density at radius 1 is 1.18 bits per heavy atom. The number of hydrazone groups is 1. The topological polar surface area (TPSA) is 164 Å². The number of nitrogens with zero attached hydrogens (tertiary/aromatic N) is 4. The van der Waals surface area contributed by atoms with Crippen LogP contribution in [0.15, 0.2) is 59.0 Å². The number of aliphatic carboxylic acids is 1. The fraction of sp³-hybridized carbons (Fsp3) is 0.333. The molecule has 15 heteroatoms. The van der Waals surface area contributed by atoms with E-state index in [0.29, 0.717) is 22.6 Å². The average molecular weight is 563 g/mol. The first kappa shape index (κ1) is 28.7. The number of β-lactam (4-membered cyclic amide) rings is 1. The van der Waals surface area contributed by atoms with Gasteiger partial charge in [0, 0.05) is 5.75 Å². The van der Waals surface area contributed by atoms with Crippen LogP contribution in [0.25, 0.3) is 0 Å². The average Bonchev–Trinajstić information content (AvgIpc) is 3.55. The minimum atomic E-state index is -1.45. The second kappa shape index (κ2) is 11.8. The minimum Gasteiger partial charge on any atom is -0.543 e. The van der Waals surface area contributed by atoms with E-state index in [1.807, 2.05) is 0 Å². The van der Waals surface area contributed by atoms with Gasteiger partial charge in [0.1, 0.15) is 29.8 Å². The Morgan fingerprint density at radius 2 is 1.92 bits per heavy atom. The van der Waals surface area contributed by atoms with Gasteiger partial charge in [0.2, 0.25) is 5.91 Å². The number of benzene rings is 1. The van der Waals surface area contributed by atoms with Crippen molar-refractivity contribution in [2.75, 3.05) is 25.4 Å². The molecular formula is C24H23N6NaO7S. The molecule has 1 aromatic carbocycles. The molecule has 198 valence electrons. The van der Waals surface area contributed by atoms with Crippen LogP contribution in [0.5, 0.6) is 0 Å². The number of carbonyl (C=O) groups is 5. The fourth-order valence-electron chi connectivity index (χ4n) is 4.48. The summed E-state index contributed by atoms with van der Waals surface area (Å²) in [5, 5.41) is 21.5. The predicted octanol–water partition coefficient (Wildman–Crippen LogP) is -3.50. The van der Waals surface area contributed by atoms with Gasteiger partial charge in [-0.25, -0.2) is 19.5 Å². The quantitative estimate of drug-likeness (QED) is 0.267. The molecule has 0 bridgehead atoms. The standard InChI is InChI=1S/C24H24N6O7S.Na/c1-13-12-38-21-17(20(32)30(21)18(13)22(33)34)25-19(31)16(14-5-3-2-4-6-14)26-23(35)28-8-9-29(24(28)36)27-15-7-10-37-11-15;/h2-7,10,16-17,21H,8-9,11-12H2,1H3,(H,25,31)(H,26,35)(H,33,34);/q;+1/p-1/t16?,17?,21-;/m0./s1. The first-order chi connectivity index (χ1) is 18.3. The third-order valence-corrected chi connectivity index (χ3v) is 7.81. The van der Waals surface area contributed by atoms with Crippen LogP contribution in [0, 0.1) is 0 Å². The van der Waals surface area contributed by atoms with Crippen LogP contribution in [0.1, 0.15) is 18.5 Å². The van der Waals surface area contributed by atoms with E-state index in [0.717, 1.165) is 14.8 Å². The Morgan fingerprint density at radius 3 is 2.59 bits per heavy atom. The number of thioether (sulfide) groups is 1. The molecule has 3 atom stereocenters. The number of nitrogens with one attached hydrogen (secondary N) is 2. The Bertz CT molecular complexity index is 1300. The number of urea groups is 2. The van der Waals surface area contributed by atoms with Crippen LogP contribution < -0.4 is 45.3 Å². The molecule has 2 unspecified atom stereocenters. The van der Waals surface area contributed by atoms with Crippen LogP contribution in [0.3, 0.4) is 0 Å². The summed E-state index contributed by atoms with van der Waals surface area (Å²) >= 11 is 1.32. The first-order valence-electron chi connectivity index (χ1n) is 11.7. The van der Waals surface area contributed by atoms with Crippen molar-refractivity contribution in [3.8, 4) is 0 Å². The fourth-order valence-corrected chi connectivity index (χ4v) is 5.77. The largest absolute Gasteiger partial charge is 1.00 e. The minimum absolute atomic E-state index is 0. The van der Waals surface area contributed by atoms with Crippen molar-refractivity contribution in [2.45, 2.75) is 24.4 Å². The van der Waals surface area contributed by atoms with E-state index in [-0.39, 0.29) is 55.0 Å². The van der Waals surface area contributed by atoms with Gasteiger partial charge in [-0.2, -0.15) is 5.10 Å². The second-order valence-electron chi connectivity index (χ2n) is 8.87. The molecule has 0 aliphatic carbocycles. The first-order valence-corrected chi connectivity index (χ1v) is 12.8. The van der Waals surface area contributed by atoms with Crippen molar-refractivity contribution in [3.63, 3.8) is 0 Å². The molecule has 39 heavy (non-hydrogen) atoms. The maximum Gasteiger partial charge on any atom is 1.00 e. The SMILES string of the molecule is CC1=C(C(=O)[O-])N2C(=O)C(NC(=O)C(NC(=O)N3CCN(N=C4C=COC4)C3=O)c3ccccc3)[C@@H]2SC1.[Na+]. The number of hydrogen-bond acceptors (Lipinski definition) is 9. The number of fused-ring (bicyclic) bond motifs is 1. The smallest absolute Gasteiger partial charge is 0.543 e. The Balaban J connectivity index is 0.00000353. The van der Waals surface area contributed by atoms with Crippen molar-refractivity contribution < 1.29 is 63.4 Å². The Labute approximate surface area is 249 Å². The van der Waals surface area contributed by atoms with Crippen LogP contribution in [-0.2, 0) is 19.1 Å². The molecule has 13 nitrogen and oxygen atoms in total. The van der Waals surface area contributed by atoms with E-state index >= 15 is 0 Å². The molecule has 0 aromatic heterocycles. The number of imide groups is 1. The summed E-state index contributed by atoms with van der Waals surface area (Å²) in [6.07, 6.45) is 3.08. The van der Waals surface area contributed by atoms with Crippen LogP contribution in [0.4, 0.5) is 9.59 Å². The summed E-state index contributed by atoms with van der Waals surface area (Å²) in [6.45, 7) is 2.06. The summed E-state index contributed by atoms with van der Waals surface area (Å²) in [6, 6.07) is 4.71. The molecular weight excluding hydrogens is 539 g/mol. The molecule has 2 saturated heterocycles. The van der Waals surface area contributed by atoms with Crippen LogP contribution in [0.2, 0.25) is 0 Å². The van der Waals surface area contributed by atoms with Gasteiger partial charge in [0.05, 0.1) is 31.0 Å². The molecule has 4 aliphatic rings. The number of ether oxygens (including phenoxy) is 1. The molecule has 1 aromatic rings. The Hall–Kier alpha value is -3.33. The van der Waals surface area contributed by atoms with E-state index in [2.05, 4.69) is 15.7 Å². The van der Waals surface area contributed by atoms with Gasteiger partial charge in [-0.1, -0.05) is 30.3 Å². The van der Waals surface area contributed by atoms with Crippen molar-refractivity contribution >= 4 is 47.3 Å². The molecule has 2 N–H and O–H groups in total. The van der Waals surface area contributed by atoms with Crippen LogP contribution in [-0.4, -0.2) is 87.2 Å². The molecule has 4 aliphatic heterocycles. The number of rotatable bonds is 6. The maximum absolute atomic E-state index is 13.4. The molecule has 0 saturated carbocycles. The van der Waals surface area contributed by atoms with Crippen molar-refractivity contribution in [2.24, 2.45) is 5.10 Å². The van der Waals surface area contributed by atoms with E-state index < -0.39 is 47.3 Å². The monoisotopic (exact) mass is 562 g/mol. The van der Waals surface area contributed by atoms with Gasteiger partial charge in [0.25, 0.3) is 5.91 Å². The number of carboxylic acid groups (broad SMARTS) is 1. The molecule has 4 heterocycles. The second-order valence-corrected chi connectivity index (χ2v) is 9.97. The molecule has 2 fully saturated rings. The van der Waals surface area contributed by atoms with E-state index in [1.54, 1.807) is 43.3 Å². The molecule has 5 rings (SSSR count).